The van der Waals surface area contributed by atoms with Gasteiger partial charge < -0.3 is 13.7 Å². The van der Waals surface area contributed by atoms with Crippen LogP contribution in [0.5, 0.6) is 0 Å². The van der Waals surface area contributed by atoms with Gasteiger partial charge in [0.15, 0.2) is 0 Å². The minimum absolute atomic E-state index is 0.395. The van der Waals surface area contributed by atoms with Crippen molar-refractivity contribution in [3.05, 3.63) is 266 Å². The van der Waals surface area contributed by atoms with Gasteiger partial charge in [0.1, 0.15) is 0 Å². The number of thiophene rings is 1. The average Bonchev–Trinajstić information content (AvgIpc) is 4.32. The highest BCUT2D eigenvalue weighted by Crippen LogP contribution is 2.52. The van der Waals surface area contributed by atoms with Crippen molar-refractivity contribution in [3.8, 4) is 50.4 Å². The van der Waals surface area contributed by atoms with Crippen molar-refractivity contribution in [1.82, 2.24) is 13.7 Å². The molecule has 0 spiro atoms. The summed E-state index contributed by atoms with van der Waals surface area (Å²) in [5, 5.41) is 10.5. The van der Waals surface area contributed by atoms with E-state index in [1.54, 1.807) is 0 Å². The Hall–Kier alpha value is -9.13. The van der Waals surface area contributed by atoms with Gasteiger partial charge >= 0.3 is 0 Å². The van der Waals surface area contributed by atoms with Crippen LogP contribution < -0.4 is 0 Å². The molecule has 0 saturated carbocycles. The summed E-state index contributed by atoms with van der Waals surface area (Å²) in [6, 6.07) is 88.6. The average molecular weight is 1020 g/mol. The van der Waals surface area contributed by atoms with Gasteiger partial charge in [-0.15, -0.1) is 23.1 Å². The summed E-state index contributed by atoms with van der Waals surface area (Å²) in [5.74, 6) is 0.395. The zero-order valence-electron chi connectivity index (χ0n) is 41.6. The Kier molecular flexibility index (Phi) is 9.35. The van der Waals surface area contributed by atoms with Crippen molar-refractivity contribution in [2.75, 3.05) is 0 Å². The molecule has 2 aliphatic rings. The molecule has 4 aromatic heterocycles. The van der Waals surface area contributed by atoms with E-state index in [-0.39, 0.29) is 0 Å². The lowest BCUT2D eigenvalue weighted by Crippen LogP contribution is -2.06. The number of thioether (sulfide) groups is 1. The van der Waals surface area contributed by atoms with E-state index in [0.717, 1.165) is 11.4 Å². The van der Waals surface area contributed by atoms with E-state index in [1.165, 1.54) is 135 Å². The number of allylic oxidation sites excluding steroid dienone is 3. The molecule has 11 aromatic carbocycles. The Morgan fingerprint density at radius 2 is 0.779 bits per heavy atom. The molecule has 0 radical (unpaired) electrons. The number of aromatic nitrogens is 3. The monoisotopic (exact) mass is 1020 g/mol. The van der Waals surface area contributed by atoms with E-state index in [0.29, 0.717) is 11.2 Å². The first kappa shape index (κ1) is 43.1. The number of para-hydroxylation sites is 5. The van der Waals surface area contributed by atoms with E-state index in [9.17, 15) is 0 Å². The largest absolute Gasteiger partial charge is 0.309 e. The highest BCUT2D eigenvalue weighted by Gasteiger charge is 2.33. The molecule has 15 aromatic rings. The van der Waals surface area contributed by atoms with Crippen LogP contribution in [0.25, 0.3) is 136 Å². The zero-order chi connectivity index (χ0) is 50.3. The number of fused-ring (bicyclic) bond motifs is 15. The molecule has 0 bridgehead atoms. The first-order valence-electron chi connectivity index (χ1n) is 26.6. The van der Waals surface area contributed by atoms with Crippen LogP contribution in [0.4, 0.5) is 0 Å². The van der Waals surface area contributed by atoms with Gasteiger partial charge in [-0.1, -0.05) is 164 Å². The fourth-order valence-corrected chi connectivity index (χ4v) is 15.7. The lowest BCUT2D eigenvalue weighted by atomic mass is 9.88. The van der Waals surface area contributed by atoms with Crippen LogP contribution in [0.3, 0.4) is 0 Å². The summed E-state index contributed by atoms with van der Waals surface area (Å²) in [7, 11) is 0. The Bertz CT molecular complexity index is 4950. The predicted octanol–water partition coefficient (Wildman–Crippen LogP) is 20.0. The maximum atomic E-state index is 2.48. The van der Waals surface area contributed by atoms with Crippen molar-refractivity contribution in [1.29, 1.82) is 0 Å². The number of hydrogen-bond donors (Lipinski definition) is 0. The van der Waals surface area contributed by atoms with Gasteiger partial charge in [-0.2, -0.15) is 0 Å². The van der Waals surface area contributed by atoms with Gasteiger partial charge in [-0.05, 0) is 136 Å². The number of benzene rings is 11. The second-order valence-corrected chi connectivity index (χ2v) is 23.0. The zero-order valence-corrected chi connectivity index (χ0v) is 43.3. The topological polar surface area (TPSA) is 14.8 Å². The highest BCUT2D eigenvalue weighted by atomic mass is 32.2. The Balaban J connectivity index is 0.834. The van der Waals surface area contributed by atoms with Crippen LogP contribution >= 0.6 is 23.1 Å². The third-order valence-corrected chi connectivity index (χ3v) is 19.2. The Morgan fingerprint density at radius 1 is 0.299 bits per heavy atom. The minimum atomic E-state index is 0.395. The standard InChI is InChI=1S/C72H45N3S2/c1-7-25-63-52(17-1)53-18-2-8-26-64(53)73(63)47-16-13-15-44(39-47)59-40-46(51-23-14-24-58-57-22-6-12-30-69(57)77-72(51)58)31-35-50(59)45-32-36-68-60(41-45)56-21-5-11-29-67(56)75(68)49-34-38-71-62(43-49)61-42-48(33-37-70(61)76-71)74-65-27-9-3-19-54(65)55-20-4-10-28-66(55)74/h1-43,57,69H. The number of hydrogen-bond acceptors (Lipinski definition) is 2. The first-order valence-corrected chi connectivity index (χ1v) is 28.2. The maximum Gasteiger partial charge on any atom is 0.0541 e. The van der Waals surface area contributed by atoms with Crippen LogP contribution in [-0.2, 0) is 0 Å². The van der Waals surface area contributed by atoms with E-state index in [4.69, 9.17) is 0 Å². The fraction of sp³-hybridized carbons (Fsp3) is 0.0278. The molecule has 0 amide bonds. The molecule has 360 valence electrons. The summed E-state index contributed by atoms with van der Waals surface area (Å²) >= 11 is 3.88. The van der Waals surface area contributed by atoms with Gasteiger partial charge in [0.2, 0.25) is 0 Å². The normalized spacial score (nSPS) is 15.1. The first-order chi connectivity index (χ1) is 38.2. The van der Waals surface area contributed by atoms with Gasteiger partial charge in [0.25, 0.3) is 0 Å². The van der Waals surface area contributed by atoms with Crippen LogP contribution in [0.1, 0.15) is 11.5 Å². The second kappa shape index (κ2) is 16.7. The van der Waals surface area contributed by atoms with E-state index in [2.05, 4.69) is 275 Å². The molecule has 1 aliphatic carbocycles. The minimum Gasteiger partial charge on any atom is -0.309 e. The van der Waals surface area contributed by atoms with Gasteiger partial charge in [-0.3, -0.25) is 0 Å². The summed E-state index contributed by atoms with van der Waals surface area (Å²) in [6.45, 7) is 0. The van der Waals surface area contributed by atoms with E-state index >= 15 is 0 Å². The SMILES string of the molecule is C1=CC2Sc3c(-c4ccc(-c5ccc6c(c5)c5ccccc5n6-c5ccc6sc7ccc(-n8c9ccccc9c9ccccc98)cc7c6c5)c(-c5cccc(-n6c7ccccc7c7ccccc76)c5)c4)cccc3C2C=C1. The van der Waals surface area contributed by atoms with Crippen molar-refractivity contribution < 1.29 is 0 Å². The Labute approximate surface area is 452 Å². The van der Waals surface area contributed by atoms with Crippen molar-refractivity contribution >= 4 is 109 Å². The van der Waals surface area contributed by atoms with Gasteiger partial charge in [0.05, 0.1) is 33.1 Å². The molecule has 2 unspecified atom stereocenters. The summed E-state index contributed by atoms with van der Waals surface area (Å²) in [5.41, 5.74) is 19.5. The summed E-state index contributed by atoms with van der Waals surface area (Å²) in [6.07, 6.45) is 9.16. The maximum absolute atomic E-state index is 2.48. The molecule has 5 heteroatoms. The molecule has 0 N–H and O–H groups in total. The number of nitrogens with zero attached hydrogens (tertiary/aromatic N) is 3. The molecule has 0 fully saturated rings. The Morgan fingerprint density at radius 3 is 1.38 bits per heavy atom. The van der Waals surface area contributed by atoms with E-state index < -0.39 is 0 Å². The van der Waals surface area contributed by atoms with E-state index in [1.807, 2.05) is 23.1 Å². The molecule has 2 atom stereocenters. The number of rotatable bonds is 6. The molecule has 3 nitrogen and oxygen atoms in total. The molecular formula is C72H45N3S2. The molecule has 5 heterocycles. The van der Waals surface area contributed by atoms with Crippen LogP contribution in [0, 0.1) is 0 Å². The molecule has 17 rings (SSSR count). The third-order valence-electron chi connectivity index (χ3n) is 16.6. The van der Waals surface area contributed by atoms with Gasteiger partial charge in [0, 0.05) is 85.6 Å². The molecule has 77 heavy (non-hydrogen) atoms. The molecular weight excluding hydrogens is 971 g/mol. The van der Waals surface area contributed by atoms with Crippen molar-refractivity contribution in [2.45, 2.75) is 16.1 Å². The van der Waals surface area contributed by atoms with Crippen LogP contribution in [0.15, 0.2) is 266 Å². The lowest BCUT2D eigenvalue weighted by Gasteiger charge is -2.17. The highest BCUT2D eigenvalue weighted by molar-refractivity contribution is 8.00. The van der Waals surface area contributed by atoms with Crippen molar-refractivity contribution in [2.24, 2.45) is 0 Å². The summed E-state index contributed by atoms with van der Waals surface area (Å²) in [4.78, 5) is 1.39. The van der Waals surface area contributed by atoms with Crippen LogP contribution in [0.2, 0.25) is 0 Å². The lowest BCUT2D eigenvalue weighted by molar-refractivity contribution is 0.881. The molecule has 1 aliphatic heterocycles. The second-order valence-electron chi connectivity index (χ2n) is 20.7. The fourth-order valence-electron chi connectivity index (χ4n) is 13.2. The molecule has 0 saturated heterocycles. The predicted molar refractivity (Wildman–Crippen MR) is 329 cm³/mol. The smallest absolute Gasteiger partial charge is 0.0541 e. The van der Waals surface area contributed by atoms with Crippen LogP contribution in [-0.4, -0.2) is 19.0 Å². The van der Waals surface area contributed by atoms with Crippen molar-refractivity contribution in [3.63, 3.8) is 0 Å². The quantitative estimate of drug-likeness (QED) is 0.162. The third kappa shape index (κ3) is 6.45. The summed E-state index contributed by atoms with van der Waals surface area (Å²) < 4.78 is 9.91. The van der Waals surface area contributed by atoms with Gasteiger partial charge in [-0.25, -0.2) is 0 Å².